The van der Waals surface area contributed by atoms with Crippen molar-refractivity contribution in [2.75, 3.05) is 7.11 Å². The lowest BCUT2D eigenvalue weighted by atomic mass is 10.1. The van der Waals surface area contributed by atoms with E-state index in [-0.39, 0.29) is 6.10 Å². The second-order valence-electron chi connectivity index (χ2n) is 2.79. The predicted molar refractivity (Wildman–Crippen MR) is 46.2 cm³/mol. The smallest absolute Gasteiger partial charge is 0.137 e. The standard InChI is InChI=1S/C9H13NO2/c1-7(11)3-8-4-9(12-2)6-10-5-8/h4-7,11H,3H2,1-2H3/t7-/m0/s1. The maximum Gasteiger partial charge on any atom is 0.137 e. The Morgan fingerprint density at radius 2 is 2.33 bits per heavy atom. The fraction of sp³-hybridized carbons (Fsp3) is 0.444. The van der Waals surface area contributed by atoms with E-state index in [1.165, 1.54) is 0 Å². The molecule has 0 saturated heterocycles. The van der Waals surface area contributed by atoms with Crippen LogP contribution in [0.5, 0.6) is 5.75 Å². The number of ether oxygens (including phenoxy) is 1. The highest BCUT2D eigenvalue weighted by molar-refractivity contribution is 5.23. The zero-order chi connectivity index (χ0) is 8.97. The molecule has 0 aliphatic heterocycles. The van der Waals surface area contributed by atoms with Crippen molar-refractivity contribution in [1.29, 1.82) is 0 Å². The van der Waals surface area contributed by atoms with Gasteiger partial charge in [0.1, 0.15) is 5.75 Å². The van der Waals surface area contributed by atoms with Crippen LogP contribution >= 0.6 is 0 Å². The Morgan fingerprint density at radius 1 is 1.58 bits per heavy atom. The van der Waals surface area contributed by atoms with E-state index >= 15 is 0 Å². The first-order valence-corrected chi connectivity index (χ1v) is 3.88. The van der Waals surface area contributed by atoms with Gasteiger partial charge in [0.15, 0.2) is 0 Å². The summed E-state index contributed by atoms with van der Waals surface area (Å²) in [5.41, 5.74) is 0.990. The molecule has 0 aromatic carbocycles. The van der Waals surface area contributed by atoms with E-state index in [9.17, 15) is 0 Å². The van der Waals surface area contributed by atoms with E-state index < -0.39 is 0 Å². The number of hydrogen-bond acceptors (Lipinski definition) is 3. The number of methoxy groups -OCH3 is 1. The maximum atomic E-state index is 9.10. The fourth-order valence-corrected chi connectivity index (χ4v) is 1.03. The first-order valence-electron chi connectivity index (χ1n) is 3.88. The van der Waals surface area contributed by atoms with Gasteiger partial charge in [-0.05, 0) is 25.0 Å². The molecule has 12 heavy (non-hydrogen) atoms. The SMILES string of the molecule is COc1cncc(C[C@H](C)O)c1. The van der Waals surface area contributed by atoms with Crippen LogP contribution in [0.4, 0.5) is 0 Å². The summed E-state index contributed by atoms with van der Waals surface area (Å²) in [7, 11) is 1.60. The third kappa shape index (κ3) is 2.51. The van der Waals surface area contributed by atoms with Crippen LogP contribution in [0, 0.1) is 0 Å². The van der Waals surface area contributed by atoms with Crippen LogP contribution in [0.25, 0.3) is 0 Å². The molecular weight excluding hydrogens is 154 g/mol. The minimum absolute atomic E-state index is 0.334. The van der Waals surface area contributed by atoms with Gasteiger partial charge in [-0.1, -0.05) is 0 Å². The van der Waals surface area contributed by atoms with Crippen molar-refractivity contribution >= 4 is 0 Å². The summed E-state index contributed by atoms with van der Waals surface area (Å²) in [6, 6.07) is 1.87. The highest BCUT2D eigenvalue weighted by Gasteiger charge is 2.00. The van der Waals surface area contributed by atoms with Crippen molar-refractivity contribution in [1.82, 2.24) is 4.98 Å². The molecule has 0 spiro atoms. The summed E-state index contributed by atoms with van der Waals surface area (Å²) in [6.07, 6.45) is 3.66. The molecule has 0 bridgehead atoms. The van der Waals surface area contributed by atoms with Crippen LogP contribution in [0.2, 0.25) is 0 Å². The third-order valence-corrected chi connectivity index (χ3v) is 1.54. The molecule has 3 heteroatoms. The van der Waals surface area contributed by atoms with Gasteiger partial charge >= 0.3 is 0 Å². The van der Waals surface area contributed by atoms with E-state index in [0.717, 1.165) is 11.3 Å². The highest BCUT2D eigenvalue weighted by atomic mass is 16.5. The largest absolute Gasteiger partial charge is 0.495 e. The van der Waals surface area contributed by atoms with Crippen LogP contribution < -0.4 is 4.74 Å². The molecule has 1 aromatic rings. The average Bonchev–Trinajstić information content (AvgIpc) is 2.03. The maximum absolute atomic E-state index is 9.10. The Hall–Kier alpha value is -1.09. The van der Waals surface area contributed by atoms with Gasteiger partial charge < -0.3 is 9.84 Å². The molecule has 0 aliphatic carbocycles. The Bertz CT molecular complexity index is 248. The van der Waals surface area contributed by atoms with Gasteiger partial charge in [0.2, 0.25) is 0 Å². The predicted octanol–water partition coefficient (Wildman–Crippen LogP) is 1.01. The lowest BCUT2D eigenvalue weighted by Crippen LogP contribution is -2.04. The summed E-state index contributed by atoms with van der Waals surface area (Å²) in [5, 5.41) is 9.10. The van der Waals surface area contributed by atoms with Crippen molar-refractivity contribution in [3.05, 3.63) is 24.0 Å². The summed E-state index contributed by atoms with van der Waals surface area (Å²) < 4.78 is 4.99. The van der Waals surface area contributed by atoms with Crippen LogP contribution in [0.3, 0.4) is 0 Å². The third-order valence-electron chi connectivity index (χ3n) is 1.54. The number of aliphatic hydroxyl groups is 1. The van der Waals surface area contributed by atoms with Crippen molar-refractivity contribution in [2.45, 2.75) is 19.4 Å². The van der Waals surface area contributed by atoms with Crippen LogP contribution in [0.15, 0.2) is 18.5 Å². The van der Waals surface area contributed by atoms with E-state index in [1.54, 1.807) is 26.4 Å². The molecule has 1 atom stereocenters. The Morgan fingerprint density at radius 3 is 2.92 bits per heavy atom. The molecule has 0 aliphatic rings. The monoisotopic (exact) mass is 167 g/mol. The summed E-state index contributed by atoms with van der Waals surface area (Å²) in [6.45, 7) is 1.75. The molecule has 0 radical (unpaired) electrons. The summed E-state index contributed by atoms with van der Waals surface area (Å²) in [5.74, 6) is 0.730. The van der Waals surface area contributed by atoms with Gasteiger partial charge in [-0.15, -0.1) is 0 Å². The molecule has 1 heterocycles. The molecule has 0 fully saturated rings. The molecular formula is C9H13NO2. The zero-order valence-corrected chi connectivity index (χ0v) is 7.32. The van der Waals surface area contributed by atoms with Crippen molar-refractivity contribution < 1.29 is 9.84 Å². The van der Waals surface area contributed by atoms with Gasteiger partial charge in [-0.25, -0.2) is 0 Å². The number of hydrogen-bond donors (Lipinski definition) is 1. The summed E-state index contributed by atoms with van der Waals surface area (Å²) in [4.78, 5) is 3.97. The van der Waals surface area contributed by atoms with Gasteiger partial charge in [-0.2, -0.15) is 0 Å². The molecule has 3 nitrogen and oxygen atoms in total. The Labute approximate surface area is 72.0 Å². The fourth-order valence-electron chi connectivity index (χ4n) is 1.03. The Balaban J connectivity index is 2.72. The van der Waals surface area contributed by atoms with E-state index in [1.807, 2.05) is 6.07 Å². The highest BCUT2D eigenvalue weighted by Crippen LogP contribution is 2.11. The van der Waals surface area contributed by atoms with Crippen molar-refractivity contribution in [3.63, 3.8) is 0 Å². The molecule has 0 saturated carbocycles. The number of aliphatic hydroxyl groups excluding tert-OH is 1. The van der Waals surface area contributed by atoms with Gasteiger partial charge in [0.05, 0.1) is 19.4 Å². The normalized spacial score (nSPS) is 12.6. The lowest BCUT2D eigenvalue weighted by molar-refractivity contribution is 0.195. The average molecular weight is 167 g/mol. The van der Waals surface area contributed by atoms with Crippen molar-refractivity contribution in [2.24, 2.45) is 0 Å². The topological polar surface area (TPSA) is 42.4 Å². The summed E-state index contributed by atoms with van der Waals surface area (Å²) >= 11 is 0. The van der Waals surface area contributed by atoms with Crippen LogP contribution in [0.1, 0.15) is 12.5 Å². The molecule has 1 N–H and O–H groups in total. The van der Waals surface area contributed by atoms with Crippen molar-refractivity contribution in [3.8, 4) is 5.75 Å². The first-order chi connectivity index (χ1) is 5.72. The van der Waals surface area contributed by atoms with Gasteiger partial charge in [-0.3, -0.25) is 4.98 Å². The Kier molecular flexibility index (Phi) is 3.05. The zero-order valence-electron chi connectivity index (χ0n) is 7.32. The van der Waals surface area contributed by atoms with E-state index in [2.05, 4.69) is 4.98 Å². The first kappa shape index (κ1) is 9.00. The number of nitrogens with zero attached hydrogens (tertiary/aromatic N) is 1. The van der Waals surface area contributed by atoms with Gasteiger partial charge in [0.25, 0.3) is 0 Å². The second kappa shape index (κ2) is 4.07. The molecule has 0 unspecified atom stereocenters. The lowest BCUT2D eigenvalue weighted by Gasteiger charge is -2.05. The molecule has 1 aromatic heterocycles. The van der Waals surface area contributed by atoms with E-state index in [4.69, 9.17) is 9.84 Å². The van der Waals surface area contributed by atoms with Crippen LogP contribution in [-0.4, -0.2) is 23.3 Å². The second-order valence-corrected chi connectivity index (χ2v) is 2.79. The minimum Gasteiger partial charge on any atom is -0.495 e. The number of rotatable bonds is 3. The number of pyridine rings is 1. The van der Waals surface area contributed by atoms with Crippen LogP contribution in [-0.2, 0) is 6.42 Å². The molecule has 0 amide bonds. The van der Waals surface area contributed by atoms with E-state index in [0.29, 0.717) is 6.42 Å². The quantitative estimate of drug-likeness (QED) is 0.730. The molecule has 66 valence electrons. The van der Waals surface area contributed by atoms with Gasteiger partial charge in [0, 0.05) is 6.20 Å². The minimum atomic E-state index is -0.334. The molecule has 1 rings (SSSR count). The number of aromatic nitrogens is 1.